The summed E-state index contributed by atoms with van der Waals surface area (Å²) in [5, 5.41) is 0. The van der Waals surface area contributed by atoms with Crippen LogP contribution < -0.4 is 5.73 Å². The van der Waals surface area contributed by atoms with Crippen LogP contribution >= 0.6 is 0 Å². The van der Waals surface area contributed by atoms with Crippen molar-refractivity contribution in [3.63, 3.8) is 0 Å². The lowest BCUT2D eigenvalue weighted by molar-refractivity contribution is -0.133. The zero-order valence-electron chi connectivity index (χ0n) is 11.2. The maximum absolute atomic E-state index is 12.3. The van der Waals surface area contributed by atoms with E-state index >= 15 is 0 Å². The van der Waals surface area contributed by atoms with Crippen LogP contribution in [0.2, 0.25) is 0 Å². The summed E-state index contributed by atoms with van der Waals surface area (Å²) < 4.78 is 0. The van der Waals surface area contributed by atoms with Crippen LogP contribution in [0.3, 0.4) is 0 Å². The summed E-state index contributed by atoms with van der Waals surface area (Å²) in [5.74, 6) is 2.23. The molecule has 0 aromatic heterocycles. The number of hydrogen-bond donors (Lipinski definition) is 1. The summed E-state index contributed by atoms with van der Waals surface area (Å²) in [7, 11) is 0. The predicted molar refractivity (Wildman–Crippen MR) is 69.5 cm³/mol. The highest BCUT2D eigenvalue weighted by molar-refractivity contribution is 5.81. The molecule has 0 spiro atoms. The maximum Gasteiger partial charge on any atom is 0.239 e. The highest BCUT2D eigenvalue weighted by Gasteiger charge is 2.33. The van der Waals surface area contributed by atoms with Gasteiger partial charge in [0, 0.05) is 13.1 Å². The summed E-state index contributed by atoms with van der Waals surface area (Å²) in [5.41, 5.74) is 6.02. The van der Waals surface area contributed by atoms with Gasteiger partial charge < -0.3 is 10.6 Å². The van der Waals surface area contributed by atoms with Crippen LogP contribution in [0.25, 0.3) is 0 Å². The Labute approximate surface area is 105 Å². The topological polar surface area (TPSA) is 46.3 Å². The minimum atomic E-state index is -0.285. The van der Waals surface area contributed by atoms with Gasteiger partial charge in [-0.15, -0.1) is 0 Å². The van der Waals surface area contributed by atoms with Crippen molar-refractivity contribution in [3.05, 3.63) is 0 Å². The van der Waals surface area contributed by atoms with Gasteiger partial charge in [0.25, 0.3) is 0 Å². The first-order valence-corrected chi connectivity index (χ1v) is 7.10. The number of rotatable bonds is 7. The summed E-state index contributed by atoms with van der Waals surface area (Å²) in [6.45, 7) is 6.17. The third-order valence-corrected chi connectivity index (χ3v) is 3.71. The Morgan fingerprint density at radius 2 is 1.65 bits per heavy atom. The van der Waals surface area contributed by atoms with Gasteiger partial charge in [0.2, 0.25) is 5.91 Å². The summed E-state index contributed by atoms with van der Waals surface area (Å²) >= 11 is 0. The summed E-state index contributed by atoms with van der Waals surface area (Å²) in [4.78, 5) is 14.4. The van der Waals surface area contributed by atoms with Crippen LogP contribution in [-0.2, 0) is 4.79 Å². The number of nitrogens with zero attached hydrogens (tertiary/aromatic N) is 1. The highest BCUT2D eigenvalue weighted by atomic mass is 16.2. The van der Waals surface area contributed by atoms with Gasteiger partial charge in [0.1, 0.15) is 0 Å². The second kappa shape index (κ2) is 5.38. The first-order valence-electron chi connectivity index (χ1n) is 7.10. The molecule has 0 saturated heterocycles. The lowest BCUT2D eigenvalue weighted by Crippen LogP contribution is -2.46. The Morgan fingerprint density at radius 3 is 2.00 bits per heavy atom. The molecule has 3 nitrogen and oxygen atoms in total. The van der Waals surface area contributed by atoms with E-state index in [0.717, 1.165) is 31.3 Å². The minimum Gasteiger partial charge on any atom is -0.341 e. The molecule has 17 heavy (non-hydrogen) atoms. The lowest BCUT2D eigenvalue weighted by atomic mass is 10.0. The van der Waals surface area contributed by atoms with E-state index in [1.807, 2.05) is 0 Å². The molecule has 2 N–H and O–H groups in total. The molecule has 0 heterocycles. The van der Waals surface area contributed by atoms with Gasteiger partial charge in [-0.1, -0.05) is 13.8 Å². The molecular weight excluding hydrogens is 212 g/mol. The summed E-state index contributed by atoms with van der Waals surface area (Å²) in [6.07, 6.45) is 6.01. The Bertz CT molecular complexity index is 255. The van der Waals surface area contributed by atoms with E-state index in [1.54, 1.807) is 0 Å². The van der Waals surface area contributed by atoms with E-state index in [1.165, 1.54) is 25.7 Å². The Kier molecular flexibility index (Phi) is 4.08. The van der Waals surface area contributed by atoms with Gasteiger partial charge in [-0.2, -0.15) is 0 Å². The average molecular weight is 238 g/mol. The predicted octanol–water partition coefficient (Wildman–Crippen LogP) is 2.01. The zero-order valence-corrected chi connectivity index (χ0v) is 11.2. The van der Waals surface area contributed by atoms with Gasteiger partial charge in [-0.25, -0.2) is 0 Å². The zero-order chi connectivity index (χ0) is 12.4. The Morgan fingerprint density at radius 1 is 1.18 bits per heavy atom. The molecule has 2 fully saturated rings. The molecule has 0 aromatic carbocycles. The van der Waals surface area contributed by atoms with Crippen LogP contribution in [0.5, 0.6) is 0 Å². The lowest BCUT2D eigenvalue weighted by Gasteiger charge is -2.26. The van der Waals surface area contributed by atoms with E-state index in [4.69, 9.17) is 5.73 Å². The molecule has 2 aliphatic rings. The van der Waals surface area contributed by atoms with Crippen LogP contribution in [0.4, 0.5) is 0 Å². The fourth-order valence-corrected chi connectivity index (χ4v) is 2.32. The second-order valence-corrected chi connectivity index (χ2v) is 6.37. The smallest absolute Gasteiger partial charge is 0.239 e. The molecule has 0 aromatic rings. The number of nitrogens with two attached hydrogens (primary N) is 1. The molecule has 0 aliphatic heterocycles. The molecule has 0 radical (unpaired) electrons. The largest absolute Gasteiger partial charge is 0.341 e. The van der Waals surface area contributed by atoms with E-state index in [-0.39, 0.29) is 11.9 Å². The number of amides is 1. The minimum absolute atomic E-state index is 0.192. The van der Waals surface area contributed by atoms with Gasteiger partial charge in [-0.05, 0) is 49.9 Å². The van der Waals surface area contributed by atoms with E-state index < -0.39 is 0 Å². The van der Waals surface area contributed by atoms with E-state index in [9.17, 15) is 4.79 Å². The number of carbonyl (C=O) groups excluding carboxylic acids is 1. The fourth-order valence-electron chi connectivity index (χ4n) is 2.32. The highest BCUT2D eigenvalue weighted by Crippen LogP contribution is 2.34. The van der Waals surface area contributed by atoms with Crippen LogP contribution in [0, 0.1) is 17.8 Å². The van der Waals surface area contributed by atoms with Crippen molar-refractivity contribution in [1.29, 1.82) is 0 Å². The first-order chi connectivity index (χ1) is 8.06. The van der Waals surface area contributed by atoms with Crippen molar-refractivity contribution in [1.82, 2.24) is 4.90 Å². The fraction of sp³-hybridized carbons (Fsp3) is 0.929. The maximum atomic E-state index is 12.3. The molecule has 98 valence electrons. The van der Waals surface area contributed by atoms with Gasteiger partial charge in [0.05, 0.1) is 6.04 Å². The second-order valence-electron chi connectivity index (χ2n) is 6.37. The number of carbonyl (C=O) groups is 1. The standard InChI is InChI=1S/C14H26N2O/c1-10(2)7-13(15)14(17)16(8-11-3-4-11)9-12-5-6-12/h10-13H,3-9,15H2,1-2H3/t13-/m1/s1. The molecular formula is C14H26N2O. The van der Waals surface area contributed by atoms with Crippen molar-refractivity contribution in [2.24, 2.45) is 23.5 Å². The molecule has 0 unspecified atom stereocenters. The Hall–Kier alpha value is -0.570. The van der Waals surface area contributed by atoms with Crippen LogP contribution in [0.15, 0.2) is 0 Å². The van der Waals surface area contributed by atoms with Crippen LogP contribution in [-0.4, -0.2) is 29.9 Å². The van der Waals surface area contributed by atoms with Gasteiger partial charge >= 0.3 is 0 Å². The molecule has 1 amide bonds. The number of hydrogen-bond acceptors (Lipinski definition) is 2. The quantitative estimate of drug-likeness (QED) is 0.737. The van der Waals surface area contributed by atoms with E-state index in [0.29, 0.717) is 5.92 Å². The van der Waals surface area contributed by atoms with Crippen molar-refractivity contribution < 1.29 is 4.79 Å². The Balaban J connectivity index is 1.85. The van der Waals surface area contributed by atoms with Crippen molar-refractivity contribution in [2.75, 3.05) is 13.1 Å². The van der Waals surface area contributed by atoms with Crippen molar-refractivity contribution in [3.8, 4) is 0 Å². The monoisotopic (exact) mass is 238 g/mol. The third kappa shape index (κ3) is 4.30. The molecule has 2 rings (SSSR count). The average Bonchev–Trinajstić information content (AvgIpc) is 3.08. The van der Waals surface area contributed by atoms with E-state index in [2.05, 4.69) is 18.7 Å². The summed E-state index contributed by atoms with van der Waals surface area (Å²) in [6, 6.07) is -0.285. The molecule has 3 heteroatoms. The molecule has 2 saturated carbocycles. The van der Waals surface area contributed by atoms with Crippen molar-refractivity contribution >= 4 is 5.91 Å². The van der Waals surface area contributed by atoms with Gasteiger partial charge in [-0.3, -0.25) is 4.79 Å². The molecule has 1 atom stereocenters. The molecule has 2 aliphatic carbocycles. The van der Waals surface area contributed by atoms with Gasteiger partial charge in [0.15, 0.2) is 0 Å². The van der Waals surface area contributed by atoms with Crippen LogP contribution in [0.1, 0.15) is 46.0 Å². The SMILES string of the molecule is CC(C)C[C@@H](N)C(=O)N(CC1CC1)CC1CC1. The normalized spacial score (nSPS) is 21.6. The van der Waals surface area contributed by atoms with Crippen molar-refractivity contribution in [2.45, 2.75) is 52.0 Å². The first kappa shape index (κ1) is 12.9. The molecule has 0 bridgehead atoms. The third-order valence-electron chi connectivity index (χ3n) is 3.71.